The monoisotopic (exact) mass is 441 g/mol. The van der Waals surface area contributed by atoms with E-state index in [4.69, 9.17) is 10.7 Å². The van der Waals surface area contributed by atoms with Gasteiger partial charge in [-0.05, 0) is 60.7 Å². The molecule has 0 amide bonds. The first-order chi connectivity index (χ1) is 15.8. The maximum atomic E-state index is 6.24. The van der Waals surface area contributed by atoms with Crippen molar-refractivity contribution in [2.24, 2.45) is 5.73 Å². The highest BCUT2D eigenvalue weighted by molar-refractivity contribution is 7.97. The molecule has 5 nitrogen and oxygen atoms in total. The molecule has 0 saturated carbocycles. The topological polar surface area (TPSA) is 67.1 Å². The number of hydrogen-bond donors (Lipinski definition) is 2. The van der Waals surface area contributed by atoms with Gasteiger partial charge in [0.05, 0.1) is 16.9 Å². The van der Waals surface area contributed by atoms with Crippen molar-refractivity contribution in [2.45, 2.75) is 30.3 Å². The number of benzene rings is 2. The zero-order valence-corrected chi connectivity index (χ0v) is 18.8. The van der Waals surface area contributed by atoms with Gasteiger partial charge in [0.2, 0.25) is 0 Å². The standard InChI is InChI=1S/C26H27N5S/c27-21-9-5-15-31(18-21)25-13-14-28-24-12-11-23(30-26(24)25)20-8-4-10-22(16-20)32-29-17-19-6-2-1-3-7-19/h1-4,6-8,10-14,16,21,29H,5,9,15,17-18,27H2. The van der Waals surface area contributed by atoms with Gasteiger partial charge in [0.25, 0.3) is 0 Å². The predicted molar refractivity (Wildman–Crippen MR) is 134 cm³/mol. The Morgan fingerprint density at radius 1 is 1.03 bits per heavy atom. The molecule has 1 atom stereocenters. The molecule has 2 aromatic heterocycles. The molecular weight excluding hydrogens is 414 g/mol. The summed E-state index contributed by atoms with van der Waals surface area (Å²) in [6.45, 7) is 2.69. The lowest BCUT2D eigenvalue weighted by Crippen LogP contribution is -2.43. The van der Waals surface area contributed by atoms with E-state index >= 15 is 0 Å². The summed E-state index contributed by atoms with van der Waals surface area (Å²) < 4.78 is 3.45. The van der Waals surface area contributed by atoms with Gasteiger partial charge >= 0.3 is 0 Å². The molecule has 162 valence electrons. The van der Waals surface area contributed by atoms with Crippen LogP contribution in [0.3, 0.4) is 0 Å². The van der Waals surface area contributed by atoms with Crippen LogP contribution in [0.15, 0.2) is 83.9 Å². The number of pyridine rings is 2. The number of hydrogen-bond acceptors (Lipinski definition) is 6. The third-order valence-electron chi connectivity index (χ3n) is 5.80. The molecule has 0 radical (unpaired) electrons. The molecule has 0 spiro atoms. The number of fused-ring (bicyclic) bond motifs is 1. The van der Waals surface area contributed by atoms with Crippen molar-refractivity contribution in [1.82, 2.24) is 14.7 Å². The van der Waals surface area contributed by atoms with E-state index in [0.717, 1.165) is 65.3 Å². The van der Waals surface area contributed by atoms with Crippen molar-refractivity contribution in [3.8, 4) is 11.3 Å². The molecule has 5 rings (SSSR count). The fourth-order valence-corrected chi connectivity index (χ4v) is 4.91. The summed E-state index contributed by atoms with van der Waals surface area (Å²) >= 11 is 1.64. The van der Waals surface area contributed by atoms with Gasteiger partial charge in [0.15, 0.2) is 0 Å². The fourth-order valence-electron chi connectivity index (χ4n) is 4.17. The number of nitrogens with two attached hydrogens (primary N) is 1. The first-order valence-electron chi connectivity index (χ1n) is 11.1. The minimum absolute atomic E-state index is 0.215. The van der Waals surface area contributed by atoms with Crippen LogP contribution in [0.5, 0.6) is 0 Å². The van der Waals surface area contributed by atoms with E-state index in [-0.39, 0.29) is 6.04 Å². The maximum Gasteiger partial charge on any atom is 0.113 e. The average molecular weight is 442 g/mol. The summed E-state index contributed by atoms with van der Waals surface area (Å²) in [6.07, 6.45) is 4.07. The Kier molecular flexibility index (Phi) is 6.34. The van der Waals surface area contributed by atoms with Crippen LogP contribution in [0, 0.1) is 0 Å². The van der Waals surface area contributed by atoms with E-state index < -0.39 is 0 Å². The third-order valence-corrected chi connectivity index (χ3v) is 6.58. The van der Waals surface area contributed by atoms with E-state index in [1.54, 1.807) is 11.9 Å². The van der Waals surface area contributed by atoms with Crippen LogP contribution in [0.1, 0.15) is 18.4 Å². The molecule has 1 aliphatic rings. The predicted octanol–water partition coefficient (Wildman–Crippen LogP) is 5.02. The Balaban J connectivity index is 1.38. The lowest BCUT2D eigenvalue weighted by molar-refractivity contribution is 0.507. The molecule has 32 heavy (non-hydrogen) atoms. The Bertz CT molecular complexity index is 1200. The van der Waals surface area contributed by atoms with Gasteiger partial charge in [0.1, 0.15) is 5.52 Å². The molecule has 1 fully saturated rings. The molecule has 2 aromatic carbocycles. The second-order valence-electron chi connectivity index (χ2n) is 8.18. The van der Waals surface area contributed by atoms with Crippen molar-refractivity contribution in [3.05, 3.63) is 84.6 Å². The Hall–Kier alpha value is -2.93. The molecule has 1 aliphatic heterocycles. The smallest absolute Gasteiger partial charge is 0.113 e. The molecule has 1 saturated heterocycles. The summed E-state index contributed by atoms with van der Waals surface area (Å²) in [5.74, 6) is 0. The molecule has 0 bridgehead atoms. The first kappa shape index (κ1) is 20.9. The highest BCUT2D eigenvalue weighted by atomic mass is 32.2. The summed E-state index contributed by atoms with van der Waals surface area (Å²) in [7, 11) is 0. The molecule has 4 aromatic rings. The largest absolute Gasteiger partial charge is 0.368 e. The second kappa shape index (κ2) is 9.69. The van der Waals surface area contributed by atoms with Gasteiger partial charge in [0, 0.05) is 42.3 Å². The Morgan fingerprint density at radius 3 is 2.81 bits per heavy atom. The van der Waals surface area contributed by atoms with Crippen LogP contribution < -0.4 is 15.4 Å². The van der Waals surface area contributed by atoms with Crippen molar-refractivity contribution in [1.29, 1.82) is 0 Å². The van der Waals surface area contributed by atoms with Gasteiger partial charge in [-0.2, -0.15) is 0 Å². The highest BCUT2D eigenvalue weighted by Gasteiger charge is 2.19. The lowest BCUT2D eigenvalue weighted by atomic mass is 10.1. The number of aromatic nitrogens is 2. The second-order valence-corrected chi connectivity index (χ2v) is 9.14. The van der Waals surface area contributed by atoms with Crippen LogP contribution in [0.2, 0.25) is 0 Å². The van der Waals surface area contributed by atoms with Gasteiger partial charge in [-0.1, -0.05) is 42.5 Å². The molecule has 6 heteroatoms. The molecule has 1 unspecified atom stereocenters. The minimum Gasteiger partial charge on any atom is -0.368 e. The van der Waals surface area contributed by atoms with Crippen LogP contribution in [-0.2, 0) is 6.54 Å². The molecule has 0 aliphatic carbocycles. The number of piperidine rings is 1. The highest BCUT2D eigenvalue weighted by Crippen LogP contribution is 2.30. The number of nitrogens with zero attached hydrogens (tertiary/aromatic N) is 3. The van der Waals surface area contributed by atoms with Crippen LogP contribution in [0.4, 0.5) is 5.69 Å². The van der Waals surface area contributed by atoms with Crippen molar-refractivity contribution in [3.63, 3.8) is 0 Å². The zero-order valence-electron chi connectivity index (χ0n) is 17.9. The van der Waals surface area contributed by atoms with Crippen LogP contribution in [-0.4, -0.2) is 29.1 Å². The minimum atomic E-state index is 0.215. The van der Waals surface area contributed by atoms with Gasteiger partial charge < -0.3 is 10.6 Å². The van der Waals surface area contributed by atoms with Gasteiger partial charge in [-0.25, -0.2) is 4.98 Å². The fraction of sp³-hybridized carbons (Fsp3) is 0.231. The van der Waals surface area contributed by atoms with E-state index in [2.05, 4.69) is 81.3 Å². The van der Waals surface area contributed by atoms with Crippen LogP contribution in [0.25, 0.3) is 22.3 Å². The Labute approximate surface area is 193 Å². The normalized spacial score (nSPS) is 16.4. The summed E-state index contributed by atoms with van der Waals surface area (Å²) in [6, 6.07) is 25.3. The van der Waals surface area contributed by atoms with E-state index in [1.807, 2.05) is 12.3 Å². The number of nitrogens with one attached hydrogen (secondary N) is 1. The molecular formula is C26H27N5S. The van der Waals surface area contributed by atoms with Crippen LogP contribution >= 0.6 is 11.9 Å². The van der Waals surface area contributed by atoms with E-state index in [1.165, 1.54) is 5.56 Å². The quantitative estimate of drug-likeness (QED) is 0.410. The average Bonchev–Trinajstić information content (AvgIpc) is 2.84. The number of rotatable bonds is 6. The van der Waals surface area contributed by atoms with Gasteiger partial charge in [-0.3, -0.25) is 9.71 Å². The summed E-state index contributed by atoms with van der Waals surface area (Å²) in [5.41, 5.74) is 12.5. The zero-order chi connectivity index (χ0) is 21.8. The number of anilines is 1. The summed E-state index contributed by atoms with van der Waals surface area (Å²) in [4.78, 5) is 13.1. The van der Waals surface area contributed by atoms with E-state index in [9.17, 15) is 0 Å². The van der Waals surface area contributed by atoms with E-state index in [0.29, 0.717) is 0 Å². The Morgan fingerprint density at radius 2 is 1.94 bits per heavy atom. The molecule has 3 heterocycles. The van der Waals surface area contributed by atoms with Crippen molar-refractivity contribution in [2.75, 3.05) is 18.0 Å². The van der Waals surface area contributed by atoms with Crippen molar-refractivity contribution < 1.29 is 0 Å². The summed E-state index contributed by atoms with van der Waals surface area (Å²) in [5, 5.41) is 0. The first-order valence-corrected chi connectivity index (χ1v) is 11.9. The maximum absolute atomic E-state index is 6.24. The third kappa shape index (κ3) is 4.78. The SMILES string of the molecule is NC1CCCN(c2ccnc3ccc(-c4cccc(SNCc5ccccc5)c4)nc23)C1. The molecule has 3 N–H and O–H groups in total. The lowest BCUT2D eigenvalue weighted by Gasteiger charge is -2.32. The van der Waals surface area contributed by atoms with Crippen molar-refractivity contribution >= 4 is 28.7 Å². The van der Waals surface area contributed by atoms with Gasteiger partial charge in [-0.15, -0.1) is 0 Å².